The molecule has 114 valence electrons. The van der Waals surface area contributed by atoms with E-state index in [-0.39, 0.29) is 0 Å². The van der Waals surface area contributed by atoms with E-state index in [4.69, 9.17) is 4.74 Å². The van der Waals surface area contributed by atoms with E-state index in [0.717, 1.165) is 33.7 Å². The Morgan fingerprint density at radius 2 is 2.00 bits per heavy atom. The predicted molar refractivity (Wildman–Crippen MR) is 86.6 cm³/mol. The van der Waals surface area contributed by atoms with Crippen LogP contribution in [0.4, 0.5) is 0 Å². The number of nitrogens with zero attached hydrogens (tertiary/aromatic N) is 5. The summed E-state index contributed by atoms with van der Waals surface area (Å²) >= 11 is 0. The van der Waals surface area contributed by atoms with Gasteiger partial charge < -0.3 is 4.74 Å². The summed E-state index contributed by atoms with van der Waals surface area (Å²) in [5.74, 6) is 0.610. The van der Waals surface area contributed by atoms with Crippen molar-refractivity contribution in [3.8, 4) is 17.1 Å². The zero-order chi connectivity index (χ0) is 15.8. The number of aromatic nitrogens is 4. The highest BCUT2D eigenvalue weighted by Gasteiger charge is 2.23. The molecule has 3 aromatic rings. The Balaban J connectivity index is 1.80. The third-order valence-corrected chi connectivity index (χ3v) is 3.87. The maximum absolute atomic E-state index is 5.41. The molecular formula is C17H15N5O. The number of aliphatic imine (C=N–C) groups is 1. The van der Waals surface area contributed by atoms with Crippen molar-refractivity contribution in [2.45, 2.75) is 6.54 Å². The van der Waals surface area contributed by atoms with Gasteiger partial charge in [0.15, 0.2) is 0 Å². The van der Waals surface area contributed by atoms with Gasteiger partial charge in [0.1, 0.15) is 0 Å². The average molecular weight is 305 g/mol. The minimum absolute atomic E-state index is 0.610. The molecule has 6 nitrogen and oxygen atoms in total. The summed E-state index contributed by atoms with van der Waals surface area (Å²) in [6.07, 6.45) is 7.29. The Morgan fingerprint density at radius 3 is 2.78 bits per heavy atom. The largest absolute Gasteiger partial charge is 0.480 e. The third-order valence-electron chi connectivity index (χ3n) is 3.87. The molecule has 0 spiro atoms. The molecule has 23 heavy (non-hydrogen) atoms. The highest BCUT2D eigenvalue weighted by Crippen LogP contribution is 2.30. The highest BCUT2D eigenvalue weighted by molar-refractivity contribution is 6.16. The molecule has 3 aromatic heterocycles. The van der Waals surface area contributed by atoms with E-state index in [0.29, 0.717) is 12.4 Å². The van der Waals surface area contributed by atoms with E-state index in [1.807, 2.05) is 31.4 Å². The Labute approximate surface area is 133 Å². The first-order valence-electron chi connectivity index (χ1n) is 7.28. The molecule has 4 rings (SSSR count). The Hall–Kier alpha value is -3.02. The van der Waals surface area contributed by atoms with Gasteiger partial charge in [-0.2, -0.15) is 5.10 Å². The van der Waals surface area contributed by atoms with Crippen LogP contribution in [0.3, 0.4) is 0 Å². The van der Waals surface area contributed by atoms with Gasteiger partial charge in [-0.1, -0.05) is 0 Å². The number of hydrogen-bond acceptors (Lipinski definition) is 5. The Kier molecular flexibility index (Phi) is 3.15. The zero-order valence-corrected chi connectivity index (χ0v) is 12.9. The lowest BCUT2D eigenvalue weighted by Crippen LogP contribution is -2.05. The standard InChI is InChI=1S/C17H15N5O/c1-22-10-13(9-21-22)14-7-11(3-5-18-14)16-15-12(8-20-16)4-6-19-17(15)23-2/h3-7,9-10H,8H2,1-2H3. The molecule has 6 heteroatoms. The number of aryl methyl sites for hydroxylation is 1. The third kappa shape index (κ3) is 2.28. The second-order valence-electron chi connectivity index (χ2n) is 5.35. The molecule has 0 radical (unpaired) electrons. The highest BCUT2D eigenvalue weighted by atomic mass is 16.5. The van der Waals surface area contributed by atoms with Crippen LogP contribution in [0.5, 0.6) is 5.88 Å². The van der Waals surface area contributed by atoms with Gasteiger partial charge in [-0.3, -0.25) is 14.7 Å². The van der Waals surface area contributed by atoms with Crippen LogP contribution in [-0.4, -0.2) is 32.6 Å². The van der Waals surface area contributed by atoms with Gasteiger partial charge >= 0.3 is 0 Å². The summed E-state index contributed by atoms with van der Waals surface area (Å²) in [7, 11) is 3.52. The first kappa shape index (κ1) is 13.6. The molecule has 0 bridgehead atoms. The lowest BCUT2D eigenvalue weighted by atomic mass is 10.0. The van der Waals surface area contributed by atoms with Crippen molar-refractivity contribution >= 4 is 5.71 Å². The van der Waals surface area contributed by atoms with Crippen LogP contribution in [0.2, 0.25) is 0 Å². The van der Waals surface area contributed by atoms with E-state index in [1.165, 1.54) is 0 Å². The zero-order valence-electron chi connectivity index (χ0n) is 12.9. The van der Waals surface area contributed by atoms with Crippen molar-refractivity contribution in [2.24, 2.45) is 12.0 Å². The number of methoxy groups -OCH3 is 1. The van der Waals surface area contributed by atoms with Gasteiger partial charge in [0.05, 0.1) is 36.8 Å². The number of ether oxygens (including phenoxy) is 1. The summed E-state index contributed by atoms with van der Waals surface area (Å²) < 4.78 is 7.17. The fourth-order valence-electron chi connectivity index (χ4n) is 2.79. The van der Waals surface area contributed by atoms with Gasteiger partial charge in [0, 0.05) is 36.8 Å². The monoisotopic (exact) mass is 305 g/mol. The van der Waals surface area contributed by atoms with E-state index in [2.05, 4.69) is 20.1 Å². The quantitative estimate of drug-likeness (QED) is 0.744. The SMILES string of the molecule is COc1nccc2c1C(c1ccnc(-c3cnn(C)c3)c1)=NC2. The molecule has 0 saturated carbocycles. The molecule has 1 aliphatic heterocycles. The van der Waals surface area contributed by atoms with Crippen molar-refractivity contribution in [1.82, 2.24) is 19.7 Å². The molecule has 1 aliphatic rings. The Bertz CT molecular complexity index is 913. The first-order chi connectivity index (χ1) is 11.3. The van der Waals surface area contributed by atoms with Crippen LogP contribution < -0.4 is 4.74 Å². The minimum Gasteiger partial charge on any atom is -0.480 e. The van der Waals surface area contributed by atoms with Crippen molar-refractivity contribution in [2.75, 3.05) is 7.11 Å². The van der Waals surface area contributed by atoms with Gasteiger partial charge in [-0.05, 0) is 23.8 Å². The molecular weight excluding hydrogens is 290 g/mol. The van der Waals surface area contributed by atoms with E-state index < -0.39 is 0 Å². The van der Waals surface area contributed by atoms with Crippen LogP contribution in [0.25, 0.3) is 11.3 Å². The van der Waals surface area contributed by atoms with E-state index in [9.17, 15) is 0 Å². The smallest absolute Gasteiger partial charge is 0.222 e. The van der Waals surface area contributed by atoms with Crippen molar-refractivity contribution in [3.63, 3.8) is 0 Å². The maximum atomic E-state index is 5.41. The second-order valence-corrected chi connectivity index (χ2v) is 5.35. The van der Waals surface area contributed by atoms with Crippen LogP contribution in [0.15, 0.2) is 48.0 Å². The summed E-state index contributed by atoms with van der Waals surface area (Å²) in [6.45, 7) is 0.647. The number of pyridine rings is 2. The van der Waals surface area contributed by atoms with E-state index >= 15 is 0 Å². The molecule has 0 fully saturated rings. The number of hydrogen-bond donors (Lipinski definition) is 0. The molecule has 4 heterocycles. The van der Waals surface area contributed by atoms with Crippen molar-refractivity contribution in [1.29, 1.82) is 0 Å². The molecule has 0 saturated heterocycles. The predicted octanol–water partition coefficient (Wildman–Crippen LogP) is 2.24. The fourth-order valence-corrected chi connectivity index (χ4v) is 2.79. The summed E-state index contributed by atoms with van der Waals surface area (Å²) in [5, 5.41) is 4.20. The van der Waals surface area contributed by atoms with Crippen molar-refractivity contribution < 1.29 is 4.74 Å². The summed E-state index contributed by atoms with van der Waals surface area (Å²) in [4.78, 5) is 13.4. The lowest BCUT2D eigenvalue weighted by molar-refractivity contribution is 0.397. The topological polar surface area (TPSA) is 65.2 Å². The van der Waals surface area contributed by atoms with Gasteiger partial charge in [0.25, 0.3) is 0 Å². The molecule has 0 N–H and O–H groups in total. The van der Waals surface area contributed by atoms with Gasteiger partial charge in [-0.25, -0.2) is 4.98 Å². The van der Waals surface area contributed by atoms with Crippen LogP contribution in [0, 0.1) is 0 Å². The van der Waals surface area contributed by atoms with E-state index in [1.54, 1.807) is 30.4 Å². The normalized spacial score (nSPS) is 12.9. The van der Waals surface area contributed by atoms with Crippen LogP contribution in [-0.2, 0) is 13.6 Å². The molecule has 0 atom stereocenters. The van der Waals surface area contributed by atoms with Gasteiger partial charge in [-0.15, -0.1) is 0 Å². The van der Waals surface area contributed by atoms with Gasteiger partial charge in [0.2, 0.25) is 5.88 Å². The lowest BCUT2D eigenvalue weighted by Gasteiger charge is -2.09. The fraction of sp³-hybridized carbons (Fsp3) is 0.176. The summed E-state index contributed by atoms with van der Waals surface area (Å²) in [6, 6.07) is 5.97. The average Bonchev–Trinajstić information content (AvgIpc) is 3.21. The molecule has 0 aliphatic carbocycles. The molecule has 0 aromatic carbocycles. The minimum atomic E-state index is 0.610. The van der Waals surface area contributed by atoms with Crippen molar-refractivity contribution in [3.05, 3.63) is 59.7 Å². The maximum Gasteiger partial charge on any atom is 0.222 e. The van der Waals surface area contributed by atoms with Crippen LogP contribution in [0.1, 0.15) is 16.7 Å². The number of rotatable bonds is 3. The number of fused-ring (bicyclic) bond motifs is 1. The second kappa shape index (κ2) is 5.31. The Morgan fingerprint density at radius 1 is 1.13 bits per heavy atom. The first-order valence-corrected chi connectivity index (χ1v) is 7.28. The molecule has 0 amide bonds. The molecule has 0 unspecified atom stereocenters. The van der Waals surface area contributed by atoms with Crippen LogP contribution >= 0.6 is 0 Å². The summed E-state index contributed by atoms with van der Waals surface area (Å²) in [5.41, 5.74) is 5.85.